The molecule has 1 aliphatic rings. The highest BCUT2D eigenvalue weighted by Crippen LogP contribution is 2.42. The van der Waals surface area contributed by atoms with Crippen molar-refractivity contribution < 1.29 is 9.53 Å². The number of rotatable bonds is 2. The van der Waals surface area contributed by atoms with Gasteiger partial charge in [0, 0.05) is 11.6 Å². The Hall–Kier alpha value is -1.06. The molecule has 98 valence electrons. The summed E-state index contributed by atoms with van der Waals surface area (Å²) in [6, 6.07) is 0. The maximum Gasteiger partial charge on any atom is 0.427 e. The number of amides is 1. The van der Waals surface area contributed by atoms with E-state index in [-0.39, 0.29) is 0 Å². The summed E-state index contributed by atoms with van der Waals surface area (Å²) in [5, 5.41) is 4.11. The first-order valence-corrected chi connectivity index (χ1v) is 6.24. The lowest BCUT2D eigenvalue weighted by atomic mass is 9.67. The largest absolute Gasteiger partial charge is 0.452 e. The van der Waals surface area contributed by atoms with E-state index in [4.69, 9.17) is 0 Å². The molecule has 0 aromatic heterocycles. The van der Waals surface area contributed by atoms with Crippen LogP contribution in [0.2, 0.25) is 0 Å². The SMILES string of the molecule is COC(=O)N/N=C(\C)C1CCC(C)(C)CC1C. The highest BCUT2D eigenvalue weighted by molar-refractivity contribution is 5.85. The summed E-state index contributed by atoms with van der Waals surface area (Å²) >= 11 is 0. The highest BCUT2D eigenvalue weighted by atomic mass is 16.5. The lowest BCUT2D eigenvalue weighted by Gasteiger charge is -2.39. The van der Waals surface area contributed by atoms with Gasteiger partial charge in [0.15, 0.2) is 0 Å². The van der Waals surface area contributed by atoms with Crippen molar-refractivity contribution >= 4 is 11.8 Å². The van der Waals surface area contributed by atoms with Crippen LogP contribution in [0.1, 0.15) is 47.0 Å². The average Bonchev–Trinajstić information content (AvgIpc) is 2.24. The Morgan fingerprint density at radius 2 is 2.12 bits per heavy atom. The van der Waals surface area contributed by atoms with E-state index in [2.05, 4.69) is 36.0 Å². The highest BCUT2D eigenvalue weighted by Gasteiger charge is 2.33. The zero-order chi connectivity index (χ0) is 13.1. The molecular weight excluding hydrogens is 216 g/mol. The van der Waals surface area contributed by atoms with Crippen molar-refractivity contribution in [1.82, 2.24) is 5.43 Å². The van der Waals surface area contributed by atoms with Gasteiger partial charge in [-0.05, 0) is 37.5 Å². The first-order valence-electron chi connectivity index (χ1n) is 6.24. The smallest absolute Gasteiger partial charge is 0.427 e. The Labute approximate surface area is 104 Å². The Bertz CT molecular complexity index is 311. The molecular formula is C13H24N2O2. The first-order chi connectivity index (χ1) is 7.85. The number of hydrogen-bond acceptors (Lipinski definition) is 3. The zero-order valence-electron chi connectivity index (χ0n) is 11.5. The van der Waals surface area contributed by atoms with E-state index in [0.29, 0.717) is 17.3 Å². The summed E-state index contributed by atoms with van der Waals surface area (Å²) in [7, 11) is 1.34. The molecule has 1 aliphatic carbocycles. The lowest BCUT2D eigenvalue weighted by Crippen LogP contribution is -2.33. The second kappa shape index (κ2) is 5.52. The lowest BCUT2D eigenvalue weighted by molar-refractivity contribution is 0.160. The van der Waals surface area contributed by atoms with Gasteiger partial charge in [-0.25, -0.2) is 10.2 Å². The van der Waals surface area contributed by atoms with E-state index in [0.717, 1.165) is 12.1 Å². The van der Waals surface area contributed by atoms with Gasteiger partial charge in [0.25, 0.3) is 0 Å². The number of ether oxygens (including phenoxy) is 1. The molecule has 0 aromatic carbocycles. The molecule has 0 heterocycles. The number of nitrogens with zero attached hydrogens (tertiary/aromatic N) is 1. The second-order valence-corrected chi connectivity index (χ2v) is 5.85. The van der Waals surface area contributed by atoms with E-state index in [1.54, 1.807) is 0 Å². The van der Waals surface area contributed by atoms with Crippen LogP contribution in [-0.4, -0.2) is 18.9 Å². The maximum atomic E-state index is 10.9. The minimum atomic E-state index is -0.506. The Kier molecular flexibility index (Phi) is 4.54. The Morgan fingerprint density at radius 1 is 1.47 bits per heavy atom. The molecule has 4 heteroatoms. The van der Waals surface area contributed by atoms with Gasteiger partial charge in [-0.15, -0.1) is 0 Å². The number of nitrogens with one attached hydrogen (secondary N) is 1. The summed E-state index contributed by atoms with van der Waals surface area (Å²) in [5.41, 5.74) is 3.83. The van der Waals surface area contributed by atoms with Gasteiger partial charge >= 0.3 is 6.09 Å². The van der Waals surface area contributed by atoms with E-state index in [1.807, 2.05) is 6.92 Å². The van der Waals surface area contributed by atoms with Crippen LogP contribution in [-0.2, 0) is 4.74 Å². The van der Waals surface area contributed by atoms with Gasteiger partial charge < -0.3 is 4.74 Å². The quantitative estimate of drug-likeness (QED) is 0.595. The number of methoxy groups -OCH3 is 1. The molecule has 0 radical (unpaired) electrons. The average molecular weight is 240 g/mol. The van der Waals surface area contributed by atoms with Crippen molar-refractivity contribution in [2.24, 2.45) is 22.4 Å². The van der Waals surface area contributed by atoms with Crippen molar-refractivity contribution in [1.29, 1.82) is 0 Å². The number of hydrazone groups is 1. The van der Waals surface area contributed by atoms with Crippen LogP contribution < -0.4 is 5.43 Å². The summed E-state index contributed by atoms with van der Waals surface area (Å²) < 4.78 is 4.49. The van der Waals surface area contributed by atoms with Crippen molar-refractivity contribution in [2.45, 2.75) is 47.0 Å². The van der Waals surface area contributed by atoms with E-state index >= 15 is 0 Å². The van der Waals surface area contributed by atoms with Crippen molar-refractivity contribution in [3.8, 4) is 0 Å². The molecule has 0 aliphatic heterocycles. The topological polar surface area (TPSA) is 50.7 Å². The third kappa shape index (κ3) is 4.02. The normalized spacial score (nSPS) is 28.6. The maximum absolute atomic E-state index is 10.9. The summed E-state index contributed by atoms with van der Waals surface area (Å²) in [6.07, 6.45) is 3.07. The molecule has 0 spiro atoms. The van der Waals surface area contributed by atoms with Crippen LogP contribution in [0.4, 0.5) is 4.79 Å². The predicted octanol–water partition coefficient (Wildman–Crippen LogP) is 3.18. The Balaban J connectivity index is 2.58. The summed E-state index contributed by atoms with van der Waals surface area (Å²) in [5.74, 6) is 1.09. The predicted molar refractivity (Wildman–Crippen MR) is 68.9 cm³/mol. The first kappa shape index (κ1) is 14.0. The number of carbonyl (C=O) groups is 1. The minimum Gasteiger partial charge on any atom is -0.452 e. The molecule has 1 fully saturated rings. The summed E-state index contributed by atoms with van der Waals surface area (Å²) in [6.45, 7) is 8.88. The fourth-order valence-electron chi connectivity index (χ4n) is 2.83. The Morgan fingerprint density at radius 3 is 2.65 bits per heavy atom. The molecule has 0 bridgehead atoms. The minimum absolute atomic E-state index is 0.436. The van der Waals surface area contributed by atoms with Crippen LogP contribution in [0.15, 0.2) is 5.10 Å². The molecule has 0 aromatic rings. The van der Waals surface area contributed by atoms with Gasteiger partial charge in [0.1, 0.15) is 0 Å². The third-order valence-corrected chi connectivity index (χ3v) is 3.74. The monoisotopic (exact) mass is 240 g/mol. The fraction of sp³-hybridized carbons (Fsp3) is 0.846. The fourth-order valence-corrected chi connectivity index (χ4v) is 2.83. The number of hydrogen-bond donors (Lipinski definition) is 1. The van der Waals surface area contributed by atoms with Crippen LogP contribution >= 0.6 is 0 Å². The van der Waals surface area contributed by atoms with E-state index in [9.17, 15) is 4.79 Å². The molecule has 17 heavy (non-hydrogen) atoms. The van der Waals surface area contributed by atoms with Crippen LogP contribution in [0.5, 0.6) is 0 Å². The van der Waals surface area contributed by atoms with Crippen molar-refractivity contribution in [2.75, 3.05) is 7.11 Å². The molecule has 1 N–H and O–H groups in total. The summed E-state index contributed by atoms with van der Waals surface area (Å²) in [4.78, 5) is 10.9. The molecule has 2 atom stereocenters. The molecule has 0 saturated heterocycles. The van der Waals surface area contributed by atoms with Gasteiger partial charge in [-0.1, -0.05) is 20.8 Å². The third-order valence-electron chi connectivity index (χ3n) is 3.74. The van der Waals surface area contributed by atoms with Gasteiger partial charge in [-0.3, -0.25) is 0 Å². The standard InChI is InChI=1S/C13H24N2O2/c1-9-8-13(3,4)7-6-11(9)10(2)14-15-12(16)17-5/h9,11H,6-8H2,1-5H3,(H,15,16)/b14-10+. The van der Waals surface area contributed by atoms with E-state index in [1.165, 1.54) is 20.0 Å². The van der Waals surface area contributed by atoms with Crippen molar-refractivity contribution in [3.63, 3.8) is 0 Å². The van der Waals surface area contributed by atoms with E-state index < -0.39 is 6.09 Å². The van der Waals surface area contributed by atoms with Crippen LogP contribution in [0.25, 0.3) is 0 Å². The molecule has 4 nitrogen and oxygen atoms in total. The van der Waals surface area contributed by atoms with Crippen molar-refractivity contribution in [3.05, 3.63) is 0 Å². The zero-order valence-corrected chi connectivity index (χ0v) is 11.5. The van der Waals surface area contributed by atoms with Gasteiger partial charge in [-0.2, -0.15) is 5.10 Å². The molecule has 2 unspecified atom stereocenters. The van der Waals surface area contributed by atoms with Gasteiger partial charge in [0.2, 0.25) is 0 Å². The second-order valence-electron chi connectivity index (χ2n) is 5.85. The van der Waals surface area contributed by atoms with Crippen LogP contribution in [0, 0.1) is 17.3 Å². The van der Waals surface area contributed by atoms with Crippen LogP contribution in [0.3, 0.4) is 0 Å². The van der Waals surface area contributed by atoms with Gasteiger partial charge in [0.05, 0.1) is 7.11 Å². The molecule has 1 amide bonds. The molecule has 1 rings (SSSR count). The molecule has 1 saturated carbocycles. The number of carbonyl (C=O) groups excluding carboxylic acids is 1.